The number of hydrogen-bond donors (Lipinski definition) is 0. The Bertz CT molecular complexity index is 393. The molecule has 0 saturated heterocycles. The van der Waals surface area contributed by atoms with Crippen LogP contribution >= 0.6 is 11.6 Å². The standard InChI is InChI=1S/C9H12ClN5/c1-2-14-5-8(4-11-14)6-15-7-9(3-10)12-13-15/h4-5,7H,2-3,6H2,1H3. The highest BCUT2D eigenvalue weighted by molar-refractivity contribution is 6.16. The molecule has 0 aliphatic rings. The predicted molar refractivity (Wildman–Crippen MR) is 56.6 cm³/mol. The Morgan fingerprint density at radius 2 is 2.20 bits per heavy atom. The lowest BCUT2D eigenvalue weighted by Gasteiger charge is -1.95. The van der Waals surface area contributed by atoms with Crippen LogP contribution < -0.4 is 0 Å². The summed E-state index contributed by atoms with van der Waals surface area (Å²) in [6, 6.07) is 0. The average Bonchev–Trinajstić information content (AvgIpc) is 2.87. The molecule has 6 heteroatoms. The zero-order valence-corrected chi connectivity index (χ0v) is 9.22. The van der Waals surface area contributed by atoms with Crippen LogP contribution in [0.5, 0.6) is 0 Å². The molecule has 0 saturated carbocycles. The molecule has 0 spiro atoms. The van der Waals surface area contributed by atoms with Crippen molar-refractivity contribution in [2.75, 3.05) is 0 Å². The number of aromatic nitrogens is 5. The van der Waals surface area contributed by atoms with Crippen molar-refractivity contribution in [1.82, 2.24) is 24.8 Å². The molecule has 2 heterocycles. The highest BCUT2D eigenvalue weighted by Crippen LogP contribution is 2.03. The van der Waals surface area contributed by atoms with Crippen molar-refractivity contribution in [3.05, 3.63) is 29.8 Å². The van der Waals surface area contributed by atoms with Gasteiger partial charge in [-0.1, -0.05) is 5.21 Å². The molecule has 0 bridgehead atoms. The van der Waals surface area contributed by atoms with Gasteiger partial charge in [-0.25, -0.2) is 4.68 Å². The quantitative estimate of drug-likeness (QED) is 0.737. The van der Waals surface area contributed by atoms with E-state index in [1.807, 2.05) is 23.3 Å². The maximum atomic E-state index is 5.64. The van der Waals surface area contributed by atoms with E-state index in [1.165, 1.54) is 0 Å². The van der Waals surface area contributed by atoms with Crippen molar-refractivity contribution in [3.8, 4) is 0 Å². The van der Waals surface area contributed by atoms with E-state index < -0.39 is 0 Å². The fourth-order valence-electron chi connectivity index (χ4n) is 1.33. The summed E-state index contributed by atoms with van der Waals surface area (Å²) in [6.45, 7) is 3.62. The van der Waals surface area contributed by atoms with Crippen LogP contribution in [-0.4, -0.2) is 24.8 Å². The summed E-state index contributed by atoms with van der Waals surface area (Å²) in [5, 5.41) is 12.1. The van der Waals surface area contributed by atoms with E-state index in [1.54, 1.807) is 4.68 Å². The third-order valence-electron chi connectivity index (χ3n) is 2.08. The summed E-state index contributed by atoms with van der Waals surface area (Å²) in [4.78, 5) is 0. The Morgan fingerprint density at radius 3 is 2.80 bits per heavy atom. The highest BCUT2D eigenvalue weighted by atomic mass is 35.5. The molecule has 5 nitrogen and oxygen atoms in total. The summed E-state index contributed by atoms with van der Waals surface area (Å²) in [7, 11) is 0. The van der Waals surface area contributed by atoms with Gasteiger partial charge in [0, 0.05) is 18.3 Å². The van der Waals surface area contributed by atoms with Crippen molar-refractivity contribution in [1.29, 1.82) is 0 Å². The Balaban J connectivity index is 2.07. The largest absolute Gasteiger partial charge is 0.273 e. The molecule has 0 unspecified atom stereocenters. The molecule has 15 heavy (non-hydrogen) atoms. The summed E-state index contributed by atoms with van der Waals surface area (Å²) in [6.07, 6.45) is 5.68. The van der Waals surface area contributed by atoms with Crippen LogP contribution in [0.2, 0.25) is 0 Å². The fraction of sp³-hybridized carbons (Fsp3) is 0.444. The van der Waals surface area contributed by atoms with Crippen molar-refractivity contribution < 1.29 is 0 Å². The highest BCUT2D eigenvalue weighted by Gasteiger charge is 2.02. The molecule has 2 aromatic heterocycles. The number of rotatable bonds is 4. The van der Waals surface area contributed by atoms with Gasteiger partial charge in [0.1, 0.15) is 0 Å². The third kappa shape index (κ3) is 2.36. The van der Waals surface area contributed by atoms with E-state index in [9.17, 15) is 0 Å². The zero-order valence-electron chi connectivity index (χ0n) is 8.47. The van der Waals surface area contributed by atoms with Crippen molar-refractivity contribution in [2.24, 2.45) is 0 Å². The lowest BCUT2D eigenvalue weighted by Crippen LogP contribution is -1.99. The number of aryl methyl sites for hydroxylation is 1. The van der Waals surface area contributed by atoms with Crippen LogP contribution in [0.1, 0.15) is 18.2 Å². The molecule has 0 aliphatic carbocycles. The molecular weight excluding hydrogens is 214 g/mol. The smallest absolute Gasteiger partial charge is 0.0974 e. The zero-order chi connectivity index (χ0) is 10.7. The summed E-state index contributed by atoms with van der Waals surface area (Å²) < 4.78 is 3.64. The van der Waals surface area contributed by atoms with Crippen LogP contribution in [0.3, 0.4) is 0 Å². The van der Waals surface area contributed by atoms with Crippen molar-refractivity contribution >= 4 is 11.6 Å². The van der Waals surface area contributed by atoms with Crippen molar-refractivity contribution in [2.45, 2.75) is 25.9 Å². The van der Waals surface area contributed by atoms with Crippen LogP contribution in [-0.2, 0) is 19.0 Å². The van der Waals surface area contributed by atoms with Gasteiger partial charge in [0.25, 0.3) is 0 Å². The number of alkyl halides is 1. The number of hydrogen-bond acceptors (Lipinski definition) is 3. The Morgan fingerprint density at radius 1 is 1.33 bits per heavy atom. The van der Waals surface area contributed by atoms with E-state index in [-0.39, 0.29) is 0 Å². The second-order valence-corrected chi connectivity index (χ2v) is 3.51. The molecule has 0 aliphatic heterocycles. The molecular formula is C9H12ClN5. The minimum Gasteiger partial charge on any atom is -0.273 e. The molecule has 80 valence electrons. The van der Waals surface area contributed by atoms with Gasteiger partial charge >= 0.3 is 0 Å². The SMILES string of the molecule is CCn1cc(Cn2cc(CCl)nn2)cn1. The Hall–Kier alpha value is -1.36. The average molecular weight is 226 g/mol. The molecule has 2 rings (SSSR count). The van der Waals surface area contributed by atoms with Gasteiger partial charge in [-0.2, -0.15) is 5.10 Å². The fourth-order valence-corrected chi connectivity index (χ4v) is 1.45. The first kappa shape index (κ1) is 10.2. The molecule has 0 atom stereocenters. The monoisotopic (exact) mass is 225 g/mol. The van der Waals surface area contributed by atoms with Gasteiger partial charge in [0.15, 0.2) is 0 Å². The van der Waals surface area contributed by atoms with Gasteiger partial charge in [-0.05, 0) is 6.92 Å². The van der Waals surface area contributed by atoms with Gasteiger partial charge in [-0.15, -0.1) is 16.7 Å². The maximum Gasteiger partial charge on any atom is 0.0974 e. The van der Waals surface area contributed by atoms with Gasteiger partial charge < -0.3 is 0 Å². The van der Waals surface area contributed by atoms with E-state index in [2.05, 4.69) is 22.3 Å². The van der Waals surface area contributed by atoms with Crippen LogP contribution in [0.4, 0.5) is 0 Å². The molecule has 0 amide bonds. The molecule has 2 aromatic rings. The summed E-state index contributed by atoms with van der Waals surface area (Å²) >= 11 is 5.64. The number of halogens is 1. The second-order valence-electron chi connectivity index (χ2n) is 3.25. The van der Waals surface area contributed by atoms with E-state index in [4.69, 9.17) is 11.6 Å². The number of nitrogens with zero attached hydrogens (tertiary/aromatic N) is 5. The lowest BCUT2D eigenvalue weighted by molar-refractivity contribution is 0.642. The molecule has 0 radical (unpaired) electrons. The lowest BCUT2D eigenvalue weighted by atomic mass is 10.4. The predicted octanol–water partition coefficient (Wildman–Crippen LogP) is 1.28. The summed E-state index contributed by atoms with van der Waals surface area (Å²) in [5.74, 6) is 0.397. The minimum atomic E-state index is 0.397. The minimum absolute atomic E-state index is 0.397. The van der Waals surface area contributed by atoms with Crippen LogP contribution in [0.25, 0.3) is 0 Å². The Labute approximate surface area is 92.7 Å². The van der Waals surface area contributed by atoms with Crippen molar-refractivity contribution in [3.63, 3.8) is 0 Å². The third-order valence-corrected chi connectivity index (χ3v) is 2.35. The van der Waals surface area contributed by atoms with Gasteiger partial charge in [0.2, 0.25) is 0 Å². The van der Waals surface area contributed by atoms with Crippen LogP contribution in [0, 0.1) is 0 Å². The first-order valence-electron chi connectivity index (χ1n) is 4.78. The Kier molecular flexibility index (Phi) is 3.01. The normalized spacial score (nSPS) is 10.8. The van der Waals surface area contributed by atoms with Gasteiger partial charge in [-0.3, -0.25) is 4.68 Å². The molecule has 0 fully saturated rings. The van der Waals surface area contributed by atoms with Gasteiger partial charge in [0.05, 0.1) is 30.5 Å². The van der Waals surface area contributed by atoms with E-state index >= 15 is 0 Å². The molecule has 0 aromatic carbocycles. The van der Waals surface area contributed by atoms with E-state index in [0.29, 0.717) is 12.4 Å². The van der Waals surface area contributed by atoms with E-state index in [0.717, 1.165) is 17.8 Å². The maximum absolute atomic E-state index is 5.64. The topological polar surface area (TPSA) is 48.5 Å². The van der Waals surface area contributed by atoms with Crippen LogP contribution in [0.15, 0.2) is 18.6 Å². The second kappa shape index (κ2) is 4.44. The first-order chi connectivity index (χ1) is 7.31. The first-order valence-corrected chi connectivity index (χ1v) is 5.31. The molecule has 0 N–H and O–H groups in total. The summed E-state index contributed by atoms with van der Waals surface area (Å²) in [5.41, 5.74) is 1.91.